The number of ether oxygens (including phenoxy) is 1. The van der Waals surface area contributed by atoms with Crippen LogP contribution in [0.2, 0.25) is 0 Å². The van der Waals surface area contributed by atoms with Gasteiger partial charge in [0.25, 0.3) is 0 Å². The van der Waals surface area contributed by atoms with E-state index < -0.39 is 0 Å². The summed E-state index contributed by atoms with van der Waals surface area (Å²) in [4.78, 5) is 22.2. The van der Waals surface area contributed by atoms with E-state index in [4.69, 9.17) is 4.74 Å². The largest absolute Gasteiger partial charge is 0.469 e. The number of aromatic nitrogens is 2. The quantitative estimate of drug-likeness (QED) is 0.720. The molecule has 2 rings (SSSR count). The predicted octanol–water partition coefficient (Wildman–Crippen LogP) is 1.17. The number of esters is 1. The van der Waals surface area contributed by atoms with Crippen molar-refractivity contribution in [1.82, 2.24) is 9.97 Å². The third-order valence-electron chi connectivity index (χ3n) is 3.02. The highest BCUT2D eigenvalue weighted by atomic mass is 16.5. The van der Waals surface area contributed by atoms with Gasteiger partial charge >= 0.3 is 5.97 Å². The summed E-state index contributed by atoms with van der Waals surface area (Å²) in [5.41, 5.74) is 0.891. The van der Waals surface area contributed by atoms with Crippen molar-refractivity contribution < 1.29 is 9.53 Å². The van der Waals surface area contributed by atoms with Gasteiger partial charge in [0.15, 0.2) is 0 Å². The van der Waals surface area contributed by atoms with Crippen LogP contribution in [0.5, 0.6) is 0 Å². The van der Waals surface area contributed by atoms with E-state index in [-0.39, 0.29) is 11.9 Å². The topological polar surface area (TPSA) is 55.3 Å². The fraction of sp³-hybridized carbons (Fsp3) is 0.583. The lowest BCUT2D eigenvalue weighted by Crippen LogP contribution is -2.39. The van der Waals surface area contributed by atoms with Crippen molar-refractivity contribution in [2.45, 2.75) is 19.8 Å². The molecule has 1 aromatic rings. The average molecular weight is 235 g/mol. The molecule has 92 valence electrons. The first-order chi connectivity index (χ1) is 8.20. The number of carbonyl (C=O) groups excluding carboxylic acids is 1. The Morgan fingerprint density at radius 3 is 3.06 bits per heavy atom. The molecule has 0 saturated carbocycles. The van der Waals surface area contributed by atoms with Crippen LogP contribution in [0.15, 0.2) is 12.4 Å². The second-order valence-electron chi connectivity index (χ2n) is 4.33. The zero-order chi connectivity index (χ0) is 12.3. The van der Waals surface area contributed by atoms with Gasteiger partial charge in [-0.15, -0.1) is 0 Å². The van der Waals surface area contributed by atoms with E-state index in [1.807, 2.05) is 6.92 Å². The van der Waals surface area contributed by atoms with Crippen LogP contribution in [0.4, 0.5) is 5.82 Å². The van der Waals surface area contributed by atoms with Crippen LogP contribution >= 0.6 is 0 Å². The number of anilines is 1. The number of rotatable bonds is 2. The first-order valence-corrected chi connectivity index (χ1v) is 5.82. The zero-order valence-corrected chi connectivity index (χ0v) is 10.2. The fourth-order valence-electron chi connectivity index (χ4n) is 2.15. The van der Waals surface area contributed by atoms with Gasteiger partial charge in [-0.3, -0.25) is 9.78 Å². The molecule has 0 N–H and O–H groups in total. The highest BCUT2D eigenvalue weighted by molar-refractivity contribution is 5.73. The smallest absolute Gasteiger partial charge is 0.310 e. The monoisotopic (exact) mass is 235 g/mol. The third kappa shape index (κ3) is 2.72. The second-order valence-corrected chi connectivity index (χ2v) is 4.33. The molecule has 0 amide bonds. The Bertz CT molecular complexity index is 408. The Balaban J connectivity index is 2.09. The van der Waals surface area contributed by atoms with Gasteiger partial charge in [0, 0.05) is 19.3 Å². The molecule has 2 heterocycles. The maximum atomic E-state index is 11.5. The molecule has 0 bridgehead atoms. The molecule has 1 aliphatic rings. The normalized spacial score (nSPS) is 20.1. The molecule has 1 unspecified atom stereocenters. The lowest BCUT2D eigenvalue weighted by atomic mass is 9.98. The van der Waals surface area contributed by atoms with Crippen LogP contribution in [-0.4, -0.2) is 36.1 Å². The second kappa shape index (κ2) is 5.12. The highest BCUT2D eigenvalue weighted by Gasteiger charge is 2.27. The summed E-state index contributed by atoms with van der Waals surface area (Å²) >= 11 is 0. The van der Waals surface area contributed by atoms with Crippen molar-refractivity contribution in [3.05, 3.63) is 18.1 Å². The van der Waals surface area contributed by atoms with Crippen LogP contribution in [0.1, 0.15) is 18.5 Å². The molecule has 1 aliphatic heterocycles. The predicted molar refractivity (Wildman–Crippen MR) is 63.7 cm³/mol. The van der Waals surface area contributed by atoms with E-state index in [0.29, 0.717) is 6.54 Å². The molecular weight excluding hydrogens is 218 g/mol. The summed E-state index contributed by atoms with van der Waals surface area (Å²) in [6.45, 7) is 3.51. The minimum Gasteiger partial charge on any atom is -0.469 e. The van der Waals surface area contributed by atoms with Gasteiger partial charge in [-0.05, 0) is 19.8 Å². The number of hydrogen-bond donors (Lipinski definition) is 0. The lowest BCUT2D eigenvalue weighted by molar-refractivity contribution is -0.145. The van der Waals surface area contributed by atoms with Crippen molar-refractivity contribution in [3.8, 4) is 0 Å². The van der Waals surface area contributed by atoms with Crippen LogP contribution in [0, 0.1) is 12.8 Å². The average Bonchev–Trinajstić information content (AvgIpc) is 2.38. The first-order valence-electron chi connectivity index (χ1n) is 5.82. The van der Waals surface area contributed by atoms with Gasteiger partial charge in [-0.2, -0.15) is 0 Å². The highest BCUT2D eigenvalue weighted by Crippen LogP contribution is 2.21. The molecule has 17 heavy (non-hydrogen) atoms. The summed E-state index contributed by atoms with van der Waals surface area (Å²) in [7, 11) is 1.44. The number of methoxy groups -OCH3 is 1. The molecule has 5 heteroatoms. The molecular formula is C12H17N3O2. The van der Waals surface area contributed by atoms with Gasteiger partial charge in [-0.25, -0.2) is 4.98 Å². The maximum Gasteiger partial charge on any atom is 0.310 e. The molecule has 5 nitrogen and oxygen atoms in total. The van der Waals surface area contributed by atoms with Crippen molar-refractivity contribution in [3.63, 3.8) is 0 Å². The number of hydrogen-bond acceptors (Lipinski definition) is 5. The summed E-state index contributed by atoms with van der Waals surface area (Å²) in [6.07, 6.45) is 5.34. The first kappa shape index (κ1) is 11.8. The van der Waals surface area contributed by atoms with E-state index in [1.165, 1.54) is 7.11 Å². The number of aryl methyl sites for hydroxylation is 1. The Morgan fingerprint density at radius 2 is 2.35 bits per heavy atom. The summed E-state index contributed by atoms with van der Waals surface area (Å²) < 4.78 is 4.80. The SMILES string of the molecule is COC(=O)C1CCCN(c2cncc(C)n2)C1. The van der Waals surface area contributed by atoms with Crippen molar-refractivity contribution in [2.75, 3.05) is 25.1 Å². The Morgan fingerprint density at radius 1 is 1.53 bits per heavy atom. The van der Waals surface area contributed by atoms with Crippen molar-refractivity contribution in [1.29, 1.82) is 0 Å². The van der Waals surface area contributed by atoms with Crippen molar-refractivity contribution in [2.24, 2.45) is 5.92 Å². The van der Waals surface area contributed by atoms with Crippen LogP contribution in [0.3, 0.4) is 0 Å². The summed E-state index contributed by atoms with van der Waals surface area (Å²) in [5, 5.41) is 0. The molecule has 1 aromatic heterocycles. The minimum absolute atomic E-state index is 0.0453. The summed E-state index contributed by atoms with van der Waals surface area (Å²) in [6, 6.07) is 0. The van der Waals surface area contributed by atoms with Gasteiger partial charge in [-0.1, -0.05) is 0 Å². The molecule has 0 radical (unpaired) electrons. The van der Waals surface area contributed by atoms with Gasteiger partial charge in [0.2, 0.25) is 0 Å². The molecule has 0 aliphatic carbocycles. The van der Waals surface area contributed by atoms with Crippen molar-refractivity contribution >= 4 is 11.8 Å². The van der Waals surface area contributed by atoms with Gasteiger partial charge in [0.1, 0.15) is 5.82 Å². The van der Waals surface area contributed by atoms with E-state index >= 15 is 0 Å². The lowest BCUT2D eigenvalue weighted by Gasteiger charge is -2.32. The third-order valence-corrected chi connectivity index (χ3v) is 3.02. The molecule has 0 spiro atoms. The number of nitrogens with zero attached hydrogens (tertiary/aromatic N) is 3. The van der Waals surface area contributed by atoms with E-state index in [9.17, 15) is 4.79 Å². The molecule has 0 aromatic carbocycles. The standard InChI is InChI=1S/C12H17N3O2/c1-9-6-13-7-11(14-9)15-5-3-4-10(8-15)12(16)17-2/h6-7,10H,3-5,8H2,1-2H3. The Kier molecular flexibility index (Phi) is 3.56. The van der Waals surface area contributed by atoms with Crippen LogP contribution < -0.4 is 4.90 Å². The Labute approximate surface area is 101 Å². The maximum absolute atomic E-state index is 11.5. The number of piperidine rings is 1. The molecule has 1 saturated heterocycles. The van der Waals surface area contributed by atoms with Crippen LogP contribution in [0.25, 0.3) is 0 Å². The van der Waals surface area contributed by atoms with E-state index in [0.717, 1.165) is 30.9 Å². The van der Waals surface area contributed by atoms with E-state index in [2.05, 4.69) is 14.9 Å². The molecule has 1 fully saturated rings. The Hall–Kier alpha value is -1.65. The summed E-state index contributed by atoms with van der Waals surface area (Å²) in [5.74, 6) is 0.671. The van der Waals surface area contributed by atoms with E-state index in [1.54, 1.807) is 12.4 Å². The van der Waals surface area contributed by atoms with Gasteiger partial charge < -0.3 is 9.64 Å². The molecule has 1 atom stereocenters. The minimum atomic E-state index is -0.129. The zero-order valence-electron chi connectivity index (χ0n) is 10.2. The van der Waals surface area contributed by atoms with Crippen LogP contribution in [-0.2, 0) is 9.53 Å². The van der Waals surface area contributed by atoms with Gasteiger partial charge in [0.05, 0.1) is 24.9 Å². The fourth-order valence-corrected chi connectivity index (χ4v) is 2.15. The number of carbonyl (C=O) groups is 1.